The van der Waals surface area contributed by atoms with Crippen LogP contribution < -0.4 is 0 Å². The third-order valence-corrected chi connectivity index (χ3v) is 0.756. The summed E-state index contributed by atoms with van der Waals surface area (Å²) in [4.78, 5) is 0. The van der Waals surface area contributed by atoms with Gasteiger partial charge in [0.05, 0.1) is 0 Å². The van der Waals surface area contributed by atoms with Crippen LogP contribution in [0.1, 0.15) is 41.5 Å². The second-order valence-electron chi connectivity index (χ2n) is 1.97. The van der Waals surface area contributed by atoms with Gasteiger partial charge in [-0.05, 0) is 26.0 Å². The maximum Gasteiger partial charge on any atom is 0.115 e. The number of rotatable bonds is 0. The maximum absolute atomic E-state index is 8.63. The number of para-hydroxylation sites is 1. The van der Waals surface area contributed by atoms with Gasteiger partial charge in [0.2, 0.25) is 0 Å². The molecule has 1 aromatic carbocycles. The quantitative estimate of drug-likeness (QED) is 0.657. The highest BCUT2D eigenvalue weighted by molar-refractivity contribution is 5.18. The van der Waals surface area contributed by atoms with E-state index >= 15 is 0 Å². The topological polar surface area (TPSA) is 60.7 Å². The number of aliphatic hydroxyl groups is 2. The zero-order chi connectivity index (χ0) is 14.5. The van der Waals surface area contributed by atoms with E-state index in [0.717, 1.165) is 0 Å². The monoisotopic (exact) mass is 246 g/mol. The molecule has 0 bridgehead atoms. The van der Waals surface area contributed by atoms with Crippen LogP contribution in [0.15, 0.2) is 30.3 Å². The van der Waals surface area contributed by atoms with Crippen LogP contribution in [0.4, 0.5) is 0 Å². The molecular weight excluding hydrogens is 216 g/mol. The second kappa shape index (κ2) is 36.3. The highest BCUT2D eigenvalue weighted by Crippen LogP contribution is 2.02. The van der Waals surface area contributed by atoms with E-state index < -0.39 is 0 Å². The molecule has 3 nitrogen and oxygen atoms in total. The summed E-state index contributed by atoms with van der Waals surface area (Å²) in [5, 5.41) is 23.8. The van der Waals surface area contributed by atoms with Crippen molar-refractivity contribution in [2.75, 3.05) is 13.2 Å². The molecule has 3 N–H and O–H groups in total. The van der Waals surface area contributed by atoms with Crippen LogP contribution in [0.5, 0.6) is 5.75 Å². The third-order valence-electron chi connectivity index (χ3n) is 0.756. The summed E-state index contributed by atoms with van der Waals surface area (Å²) < 4.78 is 0. The van der Waals surface area contributed by atoms with Crippen molar-refractivity contribution >= 4 is 0 Å². The van der Waals surface area contributed by atoms with Gasteiger partial charge in [-0.25, -0.2) is 0 Å². The molecule has 0 unspecified atom stereocenters. The average molecular weight is 246 g/mol. The van der Waals surface area contributed by atoms with Gasteiger partial charge in [0, 0.05) is 13.2 Å². The van der Waals surface area contributed by atoms with E-state index in [-0.39, 0.29) is 13.2 Å². The summed E-state index contributed by atoms with van der Waals surface area (Å²) in [7, 11) is 0. The first-order valence-corrected chi connectivity index (χ1v) is 6.18. The number of hydrogen-bond donors (Lipinski definition) is 3. The number of phenolic OH excluding ortho intramolecular Hbond substituents is 1. The first-order valence-electron chi connectivity index (χ1n) is 6.18. The largest absolute Gasteiger partial charge is 0.508 e. The molecule has 3 heteroatoms. The second-order valence-corrected chi connectivity index (χ2v) is 1.97. The minimum absolute atomic E-state index is 0.250. The fraction of sp³-hybridized carbons (Fsp3) is 0.571. The number of aromatic hydroxyl groups is 1. The molecule has 0 aliphatic carbocycles. The zero-order valence-corrected chi connectivity index (χ0v) is 12.1. The molecule has 1 aromatic rings. The fourth-order valence-corrected chi connectivity index (χ4v) is 0.428. The molecule has 0 radical (unpaired) electrons. The van der Waals surface area contributed by atoms with Crippen LogP contribution in [-0.4, -0.2) is 28.5 Å². The van der Waals surface area contributed by atoms with E-state index in [1.807, 2.05) is 33.8 Å². The number of aliphatic hydroxyl groups excluding tert-OH is 2. The van der Waals surface area contributed by atoms with Gasteiger partial charge >= 0.3 is 0 Å². The molecule has 0 saturated heterocycles. The Morgan fingerprint density at radius 3 is 1.12 bits per heavy atom. The van der Waals surface area contributed by atoms with Gasteiger partial charge in [0.1, 0.15) is 5.75 Å². The lowest BCUT2D eigenvalue weighted by Crippen LogP contribution is -1.57. The summed E-state index contributed by atoms with van der Waals surface area (Å²) >= 11 is 0. The lowest BCUT2D eigenvalue weighted by molar-refractivity contribution is 0.318. The van der Waals surface area contributed by atoms with Gasteiger partial charge in [-0.3, -0.25) is 0 Å². The van der Waals surface area contributed by atoms with Gasteiger partial charge in [-0.15, -0.1) is 0 Å². The van der Waals surface area contributed by atoms with E-state index in [1.165, 1.54) is 0 Å². The summed E-state index contributed by atoms with van der Waals surface area (Å²) in [6.07, 6.45) is 0. The van der Waals surface area contributed by atoms with Gasteiger partial charge in [0.25, 0.3) is 0 Å². The average Bonchev–Trinajstić information content (AvgIpc) is 2.37. The molecule has 0 amide bonds. The van der Waals surface area contributed by atoms with Crippen molar-refractivity contribution in [1.82, 2.24) is 0 Å². The van der Waals surface area contributed by atoms with Crippen LogP contribution in [0.3, 0.4) is 0 Å². The van der Waals surface area contributed by atoms with E-state index in [1.54, 1.807) is 38.1 Å². The van der Waals surface area contributed by atoms with Crippen molar-refractivity contribution in [2.24, 2.45) is 0 Å². The van der Waals surface area contributed by atoms with Crippen LogP contribution >= 0.6 is 0 Å². The molecule has 0 heterocycles. The van der Waals surface area contributed by atoms with E-state index in [4.69, 9.17) is 15.3 Å². The maximum atomic E-state index is 8.63. The highest BCUT2D eigenvalue weighted by atomic mass is 16.3. The Morgan fingerprint density at radius 1 is 0.765 bits per heavy atom. The minimum Gasteiger partial charge on any atom is -0.508 e. The van der Waals surface area contributed by atoms with Gasteiger partial charge in [0.15, 0.2) is 0 Å². The van der Waals surface area contributed by atoms with Gasteiger partial charge < -0.3 is 15.3 Å². The van der Waals surface area contributed by atoms with Crippen LogP contribution in [0.25, 0.3) is 0 Å². The molecule has 0 aliphatic rings. The lowest BCUT2D eigenvalue weighted by atomic mass is 10.3. The van der Waals surface area contributed by atoms with Crippen molar-refractivity contribution in [1.29, 1.82) is 0 Å². The normalized spacial score (nSPS) is 6.35. The first-order chi connectivity index (χ1) is 8.22. The molecule has 0 atom stereocenters. The highest BCUT2D eigenvalue weighted by Gasteiger charge is 1.74. The Kier molecular flexibility index (Phi) is 53.3. The summed E-state index contributed by atoms with van der Waals surface area (Å²) in [6.45, 7) is 11.9. The van der Waals surface area contributed by atoms with Crippen molar-refractivity contribution in [3.05, 3.63) is 30.3 Å². The molecule has 0 spiro atoms. The van der Waals surface area contributed by atoms with Crippen molar-refractivity contribution in [3.8, 4) is 5.75 Å². The fourth-order valence-electron chi connectivity index (χ4n) is 0.428. The molecule has 1 rings (SSSR count). The van der Waals surface area contributed by atoms with E-state index in [2.05, 4.69) is 0 Å². The van der Waals surface area contributed by atoms with Crippen LogP contribution in [0.2, 0.25) is 0 Å². The predicted octanol–water partition coefficient (Wildman–Crippen LogP) is 3.44. The predicted molar refractivity (Wildman–Crippen MR) is 76.3 cm³/mol. The molecule has 0 aromatic heterocycles. The molecule has 0 fully saturated rings. The van der Waals surface area contributed by atoms with Gasteiger partial charge in [-0.2, -0.15) is 0 Å². The summed E-state index contributed by atoms with van der Waals surface area (Å²) in [5.74, 6) is 0.322. The third kappa shape index (κ3) is 51.9. The van der Waals surface area contributed by atoms with E-state index in [9.17, 15) is 0 Å². The standard InChI is InChI=1S/C6H6O.2C2H6O.2C2H6/c7-6-4-2-1-3-5-6;2*1-2-3;2*1-2/h1-5,7H;2*3H,2H2,1H3;2*1-2H3. The molecule has 0 aliphatic heterocycles. The number of benzene rings is 1. The Labute approximate surface area is 107 Å². The molecular formula is C14H30O3. The van der Waals surface area contributed by atoms with Crippen LogP contribution in [-0.2, 0) is 0 Å². The summed E-state index contributed by atoms with van der Waals surface area (Å²) in [6, 6.07) is 8.71. The smallest absolute Gasteiger partial charge is 0.115 e. The van der Waals surface area contributed by atoms with Gasteiger partial charge in [-0.1, -0.05) is 45.9 Å². The number of hydrogen-bond acceptors (Lipinski definition) is 3. The molecule has 17 heavy (non-hydrogen) atoms. The Balaban J connectivity index is -0.0000000727. The minimum atomic E-state index is 0.250. The number of phenols is 1. The molecule has 0 saturated carbocycles. The molecule has 104 valence electrons. The van der Waals surface area contributed by atoms with Crippen LogP contribution in [0, 0.1) is 0 Å². The Morgan fingerprint density at radius 2 is 1.00 bits per heavy atom. The van der Waals surface area contributed by atoms with Crippen molar-refractivity contribution < 1.29 is 15.3 Å². The van der Waals surface area contributed by atoms with Crippen molar-refractivity contribution in [2.45, 2.75) is 41.5 Å². The van der Waals surface area contributed by atoms with Crippen molar-refractivity contribution in [3.63, 3.8) is 0 Å². The van der Waals surface area contributed by atoms with E-state index in [0.29, 0.717) is 5.75 Å². The SMILES string of the molecule is CC.CC.CCO.CCO.Oc1ccccc1. The zero-order valence-electron chi connectivity index (χ0n) is 12.1. The Bertz CT molecular complexity index is 162. The summed E-state index contributed by atoms with van der Waals surface area (Å²) in [5.41, 5.74) is 0. The Hall–Kier alpha value is -1.06. The lowest BCUT2D eigenvalue weighted by Gasteiger charge is -1.82. The first kappa shape index (κ1) is 25.0.